The summed E-state index contributed by atoms with van der Waals surface area (Å²) in [5, 5.41) is 0. The number of benzene rings is 2. The van der Waals surface area contributed by atoms with Crippen molar-refractivity contribution in [3.63, 3.8) is 0 Å². The van der Waals surface area contributed by atoms with Crippen molar-refractivity contribution < 1.29 is 9.59 Å². The molecule has 0 bridgehead atoms. The van der Waals surface area contributed by atoms with Gasteiger partial charge in [-0.15, -0.1) is 0 Å². The van der Waals surface area contributed by atoms with Crippen LogP contribution in [0.2, 0.25) is 0 Å². The minimum absolute atomic E-state index is 0.0570. The van der Waals surface area contributed by atoms with Gasteiger partial charge in [-0.25, -0.2) is 47.7 Å². The minimum atomic E-state index is -0.745. The van der Waals surface area contributed by atoms with E-state index in [0.717, 1.165) is 24.8 Å². The van der Waals surface area contributed by atoms with Crippen molar-refractivity contribution in [2.45, 2.75) is 26.2 Å². The zero-order chi connectivity index (χ0) is 23.1. The highest BCUT2D eigenvalue weighted by Crippen LogP contribution is 2.08. The molecular weight excluding hydrogens is 414 g/mol. The molecule has 1 aromatic heterocycles. The van der Waals surface area contributed by atoms with E-state index in [1.54, 1.807) is 48.5 Å². The second-order valence-electron chi connectivity index (χ2n) is 7.03. The summed E-state index contributed by atoms with van der Waals surface area (Å²) in [6.45, 7) is 0.152. The van der Waals surface area contributed by atoms with Gasteiger partial charge in [0.1, 0.15) is 0 Å². The van der Waals surface area contributed by atoms with Crippen LogP contribution in [0.25, 0.3) is 0 Å². The second kappa shape index (κ2) is 10.1. The Morgan fingerprint density at radius 1 is 0.688 bits per heavy atom. The normalized spacial score (nSPS) is 10.3. The van der Waals surface area contributed by atoms with Crippen LogP contribution in [0.5, 0.6) is 0 Å². The first-order valence-electron chi connectivity index (χ1n) is 9.58. The standard InChI is InChI=1S/C22H19N5O5/c1-25-20(30)26(12-18-6-2-4-16(8-18)10-23-14-28)22(32)27(21(25)31)13-19-7-3-5-17(9-19)11-24-15-29/h2-9H,10-13H2,1H3. The van der Waals surface area contributed by atoms with E-state index in [2.05, 4.69) is 9.98 Å². The lowest BCUT2D eigenvalue weighted by atomic mass is 10.1. The zero-order valence-electron chi connectivity index (χ0n) is 17.2. The molecule has 0 aliphatic heterocycles. The van der Waals surface area contributed by atoms with Crippen molar-refractivity contribution in [3.8, 4) is 0 Å². The average molecular weight is 433 g/mol. The van der Waals surface area contributed by atoms with Gasteiger partial charge in [-0.2, -0.15) is 0 Å². The number of nitrogens with zero attached hydrogens (tertiary/aromatic N) is 5. The third-order valence-electron chi connectivity index (χ3n) is 4.81. The highest BCUT2D eigenvalue weighted by molar-refractivity contribution is 5.34. The van der Waals surface area contributed by atoms with Crippen LogP contribution in [0, 0.1) is 0 Å². The summed E-state index contributed by atoms with van der Waals surface area (Å²) in [6.07, 6.45) is 2.93. The van der Waals surface area contributed by atoms with Crippen molar-refractivity contribution in [2.24, 2.45) is 17.0 Å². The maximum atomic E-state index is 13.1. The quantitative estimate of drug-likeness (QED) is 0.377. The Morgan fingerprint density at radius 3 is 1.50 bits per heavy atom. The summed E-state index contributed by atoms with van der Waals surface area (Å²) in [5.41, 5.74) is 0.509. The van der Waals surface area contributed by atoms with E-state index in [1.807, 2.05) is 0 Å². The predicted molar refractivity (Wildman–Crippen MR) is 115 cm³/mol. The second-order valence-corrected chi connectivity index (χ2v) is 7.03. The molecule has 3 rings (SSSR count). The van der Waals surface area contributed by atoms with Crippen LogP contribution in [-0.2, 0) is 42.8 Å². The van der Waals surface area contributed by atoms with Gasteiger partial charge in [-0.3, -0.25) is 0 Å². The molecule has 0 spiro atoms. The summed E-state index contributed by atoms with van der Waals surface area (Å²) >= 11 is 0. The van der Waals surface area contributed by atoms with Crippen LogP contribution in [-0.4, -0.2) is 25.9 Å². The molecule has 0 unspecified atom stereocenters. The number of rotatable bonds is 8. The van der Waals surface area contributed by atoms with Gasteiger partial charge < -0.3 is 0 Å². The number of aliphatic imine (C=N–C) groups is 2. The van der Waals surface area contributed by atoms with Crippen LogP contribution in [0.3, 0.4) is 0 Å². The molecule has 0 fully saturated rings. The number of aromatic nitrogens is 3. The molecule has 0 N–H and O–H groups in total. The molecule has 10 nitrogen and oxygen atoms in total. The smallest absolute Gasteiger partial charge is 0.248 e. The molecule has 162 valence electrons. The SMILES string of the molecule is Cn1c(=O)n(Cc2cccc(CN=C=O)c2)c(=O)n(Cc2cccc(CN=C=O)c2)c1=O. The van der Waals surface area contributed by atoms with Crippen molar-refractivity contribution in [3.05, 3.63) is 102 Å². The predicted octanol–water partition coefficient (Wildman–Crippen LogP) is 0.477. The summed E-state index contributed by atoms with van der Waals surface area (Å²) in [4.78, 5) is 66.1. The van der Waals surface area contributed by atoms with E-state index in [4.69, 9.17) is 0 Å². The average Bonchev–Trinajstić information content (AvgIpc) is 2.81. The Bertz CT molecular complexity index is 1320. The van der Waals surface area contributed by atoms with Crippen LogP contribution in [0.4, 0.5) is 0 Å². The Morgan fingerprint density at radius 2 is 1.09 bits per heavy atom. The van der Waals surface area contributed by atoms with E-state index >= 15 is 0 Å². The van der Waals surface area contributed by atoms with Crippen LogP contribution in [0.15, 0.2) is 72.9 Å². The van der Waals surface area contributed by atoms with Crippen LogP contribution >= 0.6 is 0 Å². The molecule has 0 aliphatic carbocycles. The van der Waals surface area contributed by atoms with E-state index in [0.29, 0.717) is 11.1 Å². The van der Waals surface area contributed by atoms with E-state index < -0.39 is 17.1 Å². The molecule has 3 aromatic rings. The number of hydrogen-bond acceptors (Lipinski definition) is 7. The molecule has 0 saturated heterocycles. The summed E-state index contributed by atoms with van der Waals surface area (Å²) in [5.74, 6) is 0. The number of carbonyl (C=O) groups excluding carboxylic acids is 2. The topological polar surface area (TPSA) is 125 Å². The Balaban J connectivity index is 2.01. The van der Waals surface area contributed by atoms with Gasteiger partial charge >= 0.3 is 17.1 Å². The molecule has 1 heterocycles. The molecule has 0 atom stereocenters. The van der Waals surface area contributed by atoms with Gasteiger partial charge in [0.05, 0.1) is 26.2 Å². The third kappa shape index (κ3) is 5.02. The molecule has 0 aliphatic rings. The Hall–Kier alpha value is -4.39. The van der Waals surface area contributed by atoms with Gasteiger partial charge in [0, 0.05) is 7.05 Å². The highest BCUT2D eigenvalue weighted by atomic mass is 16.2. The maximum absolute atomic E-state index is 13.1. The lowest BCUT2D eigenvalue weighted by Crippen LogP contribution is -2.53. The van der Waals surface area contributed by atoms with E-state index in [1.165, 1.54) is 19.2 Å². The summed E-state index contributed by atoms with van der Waals surface area (Å²) in [7, 11) is 1.31. The van der Waals surface area contributed by atoms with Crippen LogP contribution in [0.1, 0.15) is 22.3 Å². The lowest BCUT2D eigenvalue weighted by Gasteiger charge is -2.13. The van der Waals surface area contributed by atoms with Gasteiger partial charge in [0.15, 0.2) is 0 Å². The fourth-order valence-electron chi connectivity index (χ4n) is 3.29. The monoisotopic (exact) mass is 433 g/mol. The first-order valence-corrected chi connectivity index (χ1v) is 9.58. The molecular formula is C22H19N5O5. The molecule has 10 heteroatoms. The van der Waals surface area contributed by atoms with Crippen molar-refractivity contribution in [2.75, 3.05) is 0 Å². The van der Waals surface area contributed by atoms with E-state index in [9.17, 15) is 24.0 Å². The maximum Gasteiger partial charge on any atom is 0.336 e. The van der Waals surface area contributed by atoms with Crippen molar-refractivity contribution >= 4 is 12.2 Å². The van der Waals surface area contributed by atoms with Gasteiger partial charge in [0.25, 0.3) is 0 Å². The van der Waals surface area contributed by atoms with Gasteiger partial charge in [-0.1, -0.05) is 48.5 Å². The highest BCUT2D eigenvalue weighted by Gasteiger charge is 2.14. The van der Waals surface area contributed by atoms with E-state index in [-0.39, 0.29) is 26.2 Å². The largest absolute Gasteiger partial charge is 0.336 e. The first-order chi connectivity index (χ1) is 15.4. The van der Waals surface area contributed by atoms with Crippen molar-refractivity contribution in [1.29, 1.82) is 0 Å². The first kappa shape index (κ1) is 22.3. The molecule has 0 amide bonds. The lowest BCUT2D eigenvalue weighted by molar-refractivity contribution is 0.508. The summed E-state index contributed by atoms with van der Waals surface area (Å²) in [6, 6.07) is 13.9. The Labute approximate surface area is 181 Å². The third-order valence-corrected chi connectivity index (χ3v) is 4.81. The molecule has 0 saturated carbocycles. The Kier molecular flexibility index (Phi) is 7.02. The fraction of sp³-hybridized carbons (Fsp3) is 0.227. The van der Waals surface area contributed by atoms with Gasteiger partial charge in [0.2, 0.25) is 12.2 Å². The van der Waals surface area contributed by atoms with Gasteiger partial charge in [-0.05, 0) is 22.3 Å². The number of isocyanates is 2. The number of hydrogen-bond donors (Lipinski definition) is 0. The summed E-state index contributed by atoms with van der Waals surface area (Å²) < 4.78 is 2.83. The van der Waals surface area contributed by atoms with Crippen LogP contribution < -0.4 is 17.1 Å². The zero-order valence-corrected chi connectivity index (χ0v) is 17.2. The molecule has 0 radical (unpaired) electrons. The van der Waals surface area contributed by atoms with Crippen molar-refractivity contribution in [1.82, 2.24) is 13.7 Å². The molecule has 32 heavy (non-hydrogen) atoms. The fourth-order valence-corrected chi connectivity index (χ4v) is 3.29. The minimum Gasteiger partial charge on any atom is -0.248 e. The molecule has 2 aromatic carbocycles.